The second-order valence-corrected chi connectivity index (χ2v) is 12.1. The van der Waals surface area contributed by atoms with Gasteiger partial charge in [0.1, 0.15) is 0 Å². The molecule has 6 heteroatoms. The van der Waals surface area contributed by atoms with Crippen LogP contribution in [-0.4, -0.2) is 49.7 Å². The first-order valence-electron chi connectivity index (χ1n) is 17.9. The molecular weight excluding hydrogens is 600 g/mol. The fraction of sp³-hybridized carbons (Fsp3) is 0.944. The van der Waals surface area contributed by atoms with Crippen molar-refractivity contribution in [2.45, 2.75) is 219 Å². The van der Waals surface area contributed by atoms with Crippen LogP contribution in [0.3, 0.4) is 0 Å². The molecule has 0 N–H and O–H groups in total. The summed E-state index contributed by atoms with van der Waals surface area (Å²) in [5.41, 5.74) is 0. The van der Waals surface area contributed by atoms with E-state index in [1.807, 2.05) is 0 Å². The van der Waals surface area contributed by atoms with Crippen LogP contribution in [0.1, 0.15) is 219 Å². The number of carbonyl (C=O) groups excluding carboxylic acids is 2. The quantitative estimate of drug-likeness (QED) is 0.0528. The first-order valence-corrected chi connectivity index (χ1v) is 17.9. The Labute approximate surface area is 303 Å². The van der Waals surface area contributed by atoms with Crippen LogP contribution in [-0.2, 0) is 26.7 Å². The monoisotopic (exact) mass is 669 g/mol. The Bertz CT molecular complexity index is 461. The van der Waals surface area contributed by atoms with Crippen molar-refractivity contribution in [3.63, 3.8) is 0 Å². The molecule has 0 aliphatic carbocycles. The third-order valence-corrected chi connectivity index (χ3v) is 7.97. The predicted molar refractivity (Wildman–Crippen MR) is 175 cm³/mol. The minimum atomic E-state index is -0.903. The van der Waals surface area contributed by atoms with Crippen LogP contribution in [0.2, 0.25) is 0 Å². The Balaban J connectivity index is -0.000000328. The summed E-state index contributed by atoms with van der Waals surface area (Å²) in [4.78, 5) is 20.4. The van der Waals surface area contributed by atoms with Gasteiger partial charge >= 0.3 is 37.7 Å². The van der Waals surface area contributed by atoms with Gasteiger partial charge in [0.15, 0.2) is 0 Å². The molecule has 0 aromatic rings. The summed E-state index contributed by atoms with van der Waals surface area (Å²) in [5.74, 6) is -1.81. The third-order valence-electron chi connectivity index (χ3n) is 7.97. The van der Waals surface area contributed by atoms with E-state index in [1.54, 1.807) is 0 Å². The van der Waals surface area contributed by atoms with E-state index < -0.39 is 11.9 Å². The molecule has 0 atom stereocenters. The third kappa shape index (κ3) is 53.3. The van der Waals surface area contributed by atoms with E-state index in [1.165, 1.54) is 167 Å². The molecule has 42 heavy (non-hydrogen) atoms. The molecule has 251 valence electrons. The van der Waals surface area contributed by atoms with Gasteiger partial charge in [0, 0.05) is 29.0 Å². The van der Waals surface area contributed by atoms with Crippen LogP contribution >= 0.6 is 0 Å². The van der Waals surface area contributed by atoms with Crippen molar-refractivity contribution in [2.24, 2.45) is 0 Å². The Kier molecular flexibility index (Phi) is 54.5. The van der Waals surface area contributed by atoms with Crippen LogP contribution in [0.5, 0.6) is 0 Å². The van der Waals surface area contributed by atoms with E-state index in [0.29, 0.717) is 0 Å². The van der Waals surface area contributed by atoms with Gasteiger partial charge in [0.2, 0.25) is 0 Å². The molecule has 0 aromatic heterocycles. The molecule has 0 heterocycles. The van der Waals surface area contributed by atoms with Gasteiger partial charge in [0.25, 0.3) is 0 Å². The van der Waals surface area contributed by atoms with Gasteiger partial charge in [-0.2, -0.15) is 0 Å². The Hall–Kier alpha value is 0.719. The number of carboxylic acid groups (broad SMARTS) is 2. The second-order valence-electron chi connectivity index (χ2n) is 12.1. The Morgan fingerprint density at radius 1 is 0.333 bits per heavy atom. The summed E-state index contributed by atoms with van der Waals surface area (Å²) in [5, 5.41) is 20.4. The van der Waals surface area contributed by atoms with Gasteiger partial charge in [-0.25, -0.2) is 0 Å². The molecule has 0 saturated heterocycles. The SMILES string of the molecule is CCCCCCCCCCCCCCCCCC(=O)[O-].CCCCCCCCCCCCCCCCCC(=O)[O-].[Ca+2].[Cu]. The van der Waals surface area contributed by atoms with Crippen molar-refractivity contribution >= 4 is 49.7 Å². The number of rotatable bonds is 32. The molecule has 0 unspecified atom stereocenters. The average Bonchev–Trinajstić information content (AvgIpc) is 2.93. The molecule has 0 amide bonds. The summed E-state index contributed by atoms with van der Waals surface area (Å²) in [6, 6.07) is 0. The minimum Gasteiger partial charge on any atom is -0.550 e. The molecule has 0 aliphatic heterocycles. The summed E-state index contributed by atoms with van der Waals surface area (Å²) in [6.45, 7) is 4.53. The fourth-order valence-electron chi connectivity index (χ4n) is 5.28. The Morgan fingerprint density at radius 3 is 0.619 bits per heavy atom. The topological polar surface area (TPSA) is 80.3 Å². The Morgan fingerprint density at radius 2 is 0.476 bits per heavy atom. The average molecular weight is 671 g/mol. The van der Waals surface area contributed by atoms with E-state index in [2.05, 4.69) is 13.8 Å². The van der Waals surface area contributed by atoms with E-state index >= 15 is 0 Å². The smallest absolute Gasteiger partial charge is 0.550 e. The molecule has 0 spiro atoms. The molecule has 0 aliphatic rings. The number of hydrogen-bond acceptors (Lipinski definition) is 4. The zero-order valence-electron chi connectivity index (χ0n) is 28.3. The van der Waals surface area contributed by atoms with Crippen LogP contribution in [0.25, 0.3) is 0 Å². The van der Waals surface area contributed by atoms with Crippen LogP contribution in [0, 0.1) is 0 Å². The van der Waals surface area contributed by atoms with Gasteiger partial charge in [-0.05, 0) is 25.7 Å². The number of carboxylic acids is 2. The van der Waals surface area contributed by atoms with E-state index in [-0.39, 0.29) is 67.6 Å². The molecule has 1 radical (unpaired) electrons. The summed E-state index contributed by atoms with van der Waals surface area (Å²) in [7, 11) is 0. The molecule has 0 saturated carbocycles. The maximum absolute atomic E-state index is 10.2. The van der Waals surface area contributed by atoms with Crippen molar-refractivity contribution in [3.05, 3.63) is 0 Å². The number of carbonyl (C=O) groups is 2. The standard InChI is InChI=1S/2C18H36O2.Ca.Cu/c2*1-2-3-4-5-6-7-8-9-10-11-12-13-14-15-16-17-18(19)20;;/h2*2-17H2,1H3,(H,19,20);;/q;;+2;/p-2. The van der Waals surface area contributed by atoms with Gasteiger partial charge in [0.05, 0.1) is 0 Å². The van der Waals surface area contributed by atoms with Crippen LogP contribution < -0.4 is 10.2 Å². The van der Waals surface area contributed by atoms with E-state index in [9.17, 15) is 19.8 Å². The largest absolute Gasteiger partial charge is 2.00 e. The van der Waals surface area contributed by atoms with Crippen LogP contribution in [0.4, 0.5) is 0 Å². The first-order chi connectivity index (χ1) is 19.5. The van der Waals surface area contributed by atoms with Gasteiger partial charge in [-0.3, -0.25) is 0 Å². The molecule has 0 fully saturated rings. The van der Waals surface area contributed by atoms with Crippen molar-refractivity contribution in [1.82, 2.24) is 0 Å². The summed E-state index contributed by atoms with van der Waals surface area (Å²) in [6.07, 6.45) is 39.7. The van der Waals surface area contributed by atoms with Gasteiger partial charge in [-0.1, -0.05) is 194 Å². The van der Waals surface area contributed by atoms with Crippen molar-refractivity contribution in [1.29, 1.82) is 0 Å². The second kappa shape index (κ2) is 46.1. The van der Waals surface area contributed by atoms with Gasteiger partial charge < -0.3 is 19.8 Å². The predicted octanol–water partition coefficient (Wildman–Crippen LogP) is 9.61. The number of unbranched alkanes of at least 4 members (excludes halogenated alkanes) is 28. The molecule has 0 aromatic carbocycles. The molecule has 0 rings (SSSR count). The zero-order chi connectivity index (χ0) is 29.8. The summed E-state index contributed by atoms with van der Waals surface area (Å²) < 4.78 is 0. The minimum absolute atomic E-state index is 0. The maximum atomic E-state index is 10.2. The molecule has 4 nitrogen and oxygen atoms in total. The first kappa shape index (κ1) is 49.6. The molecular formula is C36H70CaCuO4. The van der Waals surface area contributed by atoms with Crippen molar-refractivity contribution < 1.29 is 36.9 Å². The molecule has 0 bridgehead atoms. The number of aliphatic carboxylic acids is 2. The van der Waals surface area contributed by atoms with E-state index in [4.69, 9.17) is 0 Å². The van der Waals surface area contributed by atoms with Crippen LogP contribution in [0.15, 0.2) is 0 Å². The van der Waals surface area contributed by atoms with Crippen molar-refractivity contribution in [2.75, 3.05) is 0 Å². The maximum Gasteiger partial charge on any atom is 2.00 e. The number of hydrogen-bond donors (Lipinski definition) is 0. The summed E-state index contributed by atoms with van der Waals surface area (Å²) >= 11 is 0. The fourth-order valence-corrected chi connectivity index (χ4v) is 5.28. The van der Waals surface area contributed by atoms with Crippen molar-refractivity contribution in [3.8, 4) is 0 Å². The van der Waals surface area contributed by atoms with E-state index in [0.717, 1.165) is 25.7 Å². The normalized spacial score (nSPS) is 10.3. The van der Waals surface area contributed by atoms with Gasteiger partial charge in [-0.15, -0.1) is 0 Å². The zero-order valence-corrected chi connectivity index (χ0v) is 31.4.